The van der Waals surface area contributed by atoms with E-state index in [0.29, 0.717) is 0 Å². The molecule has 20 heavy (non-hydrogen) atoms. The van der Waals surface area contributed by atoms with Gasteiger partial charge >= 0.3 is 58.3 Å². The number of para-hydroxylation sites is 1. The van der Waals surface area contributed by atoms with Crippen molar-refractivity contribution >= 4 is 0 Å². The van der Waals surface area contributed by atoms with Crippen molar-refractivity contribution in [3.05, 3.63) is 91.0 Å². The summed E-state index contributed by atoms with van der Waals surface area (Å²) in [5.74, 6) is 0.965. The second-order valence-electron chi connectivity index (χ2n) is 4.19. The SMILES string of the molecule is [Zn][O]c1ccccc1.c1ccc(-c2ccccc2)cc1. The van der Waals surface area contributed by atoms with Gasteiger partial charge in [-0.15, -0.1) is 0 Å². The van der Waals surface area contributed by atoms with Gasteiger partial charge in [0.2, 0.25) is 0 Å². The van der Waals surface area contributed by atoms with Crippen LogP contribution in [-0.2, 0) is 18.7 Å². The fourth-order valence-electron chi connectivity index (χ4n) is 1.78. The van der Waals surface area contributed by atoms with Crippen molar-refractivity contribution < 1.29 is 22.2 Å². The third-order valence-electron chi connectivity index (χ3n) is 2.79. The molecule has 0 saturated heterocycles. The van der Waals surface area contributed by atoms with Crippen molar-refractivity contribution in [2.24, 2.45) is 0 Å². The first-order valence-electron chi connectivity index (χ1n) is 6.47. The van der Waals surface area contributed by atoms with E-state index >= 15 is 0 Å². The van der Waals surface area contributed by atoms with Crippen LogP contribution in [0.2, 0.25) is 0 Å². The largest absolute Gasteiger partial charge is 0.0622 e. The van der Waals surface area contributed by atoms with Gasteiger partial charge < -0.3 is 0 Å². The Morgan fingerprint density at radius 2 is 0.850 bits per heavy atom. The zero-order valence-corrected chi connectivity index (χ0v) is 14.2. The van der Waals surface area contributed by atoms with Crippen molar-refractivity contribution in [1.82, 2.24) is 0 Å². The van der Waals surface area contributed by atoms with Crippen LogP contribution in [0.4, 0.5) is 0 Å². The van der Waals surface area contributed by atoms with Gasteiger partial charge in [-0.2, -0.15) is 0 Å². The molecule has 0 spiro atoms. The maximum atomic E-state index is 5.04. The Labute approximate surface area is 130 Å². The van der Waals surface area contributed by atoms with E-state index in [1.54, 1.807) is 0 Å². The van der Waals surface area contributed by atoms with E-state index in [-0.39, 0.29) is 0 Å². The Kier molecular flexibility index (Phi) is 6.01. The van der Waals surface area contributed by atoms with Gasteiger partial charge in [0.1, 0.15) is 0 Å². The molecule has 0 aliphatic carbocycles. The van der Waals surface area contributed by atoms with Gasteiger partial charge in [0.25, 0.3) is 0 Å². The Morgan fingerprint density at radius 1 is 0.500 bits per heavy atom. The van der Waals surface area contributed by atoms with E-state index in [4.69, 9.17) is 3.56 Å². The summed E-state index contributed by atoms with van der Waals surface area (Å²) in [5, 5.41) is 0. The van der Waals surface area contributed by atoms with E-state index in [2.05, 4.69) is 48.5 Å². The Bertz CT molecular complexity index is 557. The molecular formula is C18H15OZn. The molecule has 0 N–H and O–H groups in total. The summed E-state index contributed by atoms with van der Waals surface area (Å²) < 4.78 is 5.04. The number of rotatable bonds is 2. The standard InChI is InChI=1S/C12H10.C6H6O.Zn/c1-3-7-11(8-4-1)12-9-5-2-6-10-12;7-6-4-2-1-3-5-6;/h1-10H;1-5,7H;/q;;+1/p-1. The van der Waals surface area contributed by atoms with Crippen LogP contribution in [0.1, 0.15) is 0 Å². The van der Waals surface area contributed by atoms with Crippen LogP contribution < -0.4 is 3.56 Å². The molecular weight excluding hydrogens is 298 g/mol. The summed E-state index contributed by atoms with van der Waals surface area (Å²) in [6.45, 7) is 0. The van der Waals surface area contributed by atoms with Crippen molar-refractivity contribution in [2.45, 2.75) is 0 Å². The summed E-state index contributed by atoms with van der Waals surface area (Å²) >= 11 is 0.865. The van der Waals surface area contributed by atoms with Gasteiger partial charge in [0.05, 0.1) is 0 Å². The van der Waals surface area contributed by atoms with Gasteiger partial charge in [-0.05, 0) is 11.1 Å². The zero-order chi connectivity index (χ0) is 14.0. The van der Waals surface area contributed by atoms with Gasteiger partial charge in [0, 0.05) is 0 Å². The molecule has 0 aromatic heterocycles. The van der Waals surface area contributed by atoms with Crippen LogP contribution in [0.5, 0.6) is 5.75 Å². The number of hydrogen-bond acceptors (Lipinski definition) is 1. The van der Waals surface area contributed by atoms with Crippen molar-refractivity contribution in [3.63, 3.8) is 0 Å². The maximum Gasteiger partial charge on any atom is -0.0184 e. The first kappa shape index (κ1) is 14.5. The van der Waals surface area contributed by atoms with Crippen LogP contribution >= 0.6 is 0 Å². The summed E-state index contributed by atoms with van der Waals surface area (Å²) in [7, 11) is 0. The molecule has 0 atom stereocenters. The Morgan fingerprint density at radius 3 is 1.15 bits per heavy atom. The van der Waals surface area contributed by atoms with Gasteiger partial charge in [-0.25, -0.2) is 0 Å². The normalized spacial score (nSPS) is 9.30. The fourth-order valence-corrected chi connectivity index (χ4v) is 2.18. The monoisotopic (exact) mass is 311 g/mol. The van der Waals surface area contributed by atoms with Crippen molar-refractivity contribution in [3.8, 4) is 16.9 Å². The second-order valence-corrected chi connectivity index (χ2v) is 4.80. The molecule has 0 unspecified atom stereocenters. The molecule has 0 heterocycles. The molecule has 0 fully saturated rings. The molecule has 0 amide bonds. The molecule has 1 nitrogen and oxygen atoms in total. The third-order valence-corrected chi connectivity index (χ3v) is 3.49. The molecule has 3 aromatic carbocycles. The third kappa shape index (κ3) is 4.64. The Hall–Kier alpha value is -1.92. The summed E-state index contributed by atoms with van der Waals surface area (Å²) in [5.41, 5.74) is 2.55. The molecule has 3 rings (SSSR count). The van der Waals surface area contributed by atoms with E-state index in [9.17, 15) is 0 Å². The van der Waals surface area contributed by atoms with E-state index in [1.165, 1.54) is 11.1 Å². The van der Waals surface area contributed by atoms with E-state index < -0.39 is 0 Å². The average Bonchev–Trinajstić information content (AvgIpc) is 2.58. The smallest absolute Gasteiger partial charge is 0.0184 e. The van der Waals surface area contributed by atoms with Crippen LogP contribution in [0.25, 0.3) is 11.1 Å². The first-order valence-corrected chi connectivity index (χ1v) is 7.69. The van der Waals surface area contributed by atoms with E-state index in [0.717, 1.165) is 24.4 Å². The van der Waals surface area contributed by atoms with Gasteiger partial charge in [0.15, 0.2) is 0 Å². The summed E-state index contributed by atoms with van der Waals surface area (Å²) in [6.07, 6.45) is 0. The van der Waals surface area contributed by atoms with Gasteiger partial charge in [-0.1, -0.05) is 60.7 Å². The number of benzene rings is 3. The van der Waals surface area contributed by atoms with Crippen molar-refractivity contribution in [1.29, 1.82) is 0 Å². The van der Waals surface area contributed by atoms with Crippen LogP contribution in [0.15, 0.2) is 91.0 Å². The molecule has 95 valence electrons. The fraction of sp³-hybridized carbons (Fsp3) is 0. The zero-order valence-electron chi connectivity index (χ0n) is 11.3. The predicted molar refractivity (Wildman–Crippen MR) is 78.9 cm³/mol. The molecule has 0 aliphatic rings. The molecule has 0 radical (unpaired) electrons. The minimum atomic E-state index is 0.865. The molecule has 3 aromatic rings. The molecule has 0 aliphatic heterocycles. The van der Waals surface area contributed by atoms with Crippen LogP contribution in [0.3, 0.4) is 0 Å². The van der Waals surface area contributed by atoms with E-state index in [1.807, 2.05) is 42.5 Å². The predicted octanol–water partition coefficient (Wildman–Crippen LogP) is 4.88. The summed E-state index contributed by atoms with van der Waals surface area (Å²) in [4.78, 5) is 0. The summed E-state index contributed by atoms with van der Waals surface area (Å²) in [6, 6.07) is 30.6. The second kappa shape index (κ2) is 8.29. The average molecular weight is 313 g/mol. The quantitative estimate of drug-likeness (QED) is 0.613. The van der Waals surface area contributed by atoms with Crippen molar-refractivity contribution in [2.75, 3.05) is 0 Å². The van der Waals surface area contributed by atoms with Crippen LogP contribution in [-0.4, -0.2) is 0 Å². The minimum absolute atomic E-state index is 0.865. The maximum absolute atomic E-state index is 5.04. The molecule has 0 saturated carbocycles. The Balaban J connectivity index is 0.000000160. The topological polar surface area (TPSA) is 9.23 Å². The molecule has 2 heteroatoms. The van der Waals surface area contributed by atoms with Crippen LogP contribution in [0, 0.1) is 0 Å². The minimum Gasteiger partial charge on any atom is -0.0622 e. The number of hydrogen-bond donors (Lipinski definition) is 0. The molecule has 0 bridgehead atoms. The van der Waals surface area contributed by atoms with Gasteiger partial charge in [-0.3, -0.25) is 0 Å². The first-order chi connectivity index (χ1) is 9.90.